The van der Waals surface area contributed by atoms with Crippen LogP contribution in [-0.4, -0.2) is 12.1 Å². The summed E-state index contributed by atoms with van der Waals surface area (Å²) in [5.41, 5.74) is 1.42. The van der Waals surface area contributed by atoms with Gasteiger partial charge in [-0.15, -0.1) is 0 Å². The van der Waals surface area contributed by atoms with Crippen LogP contribution in [0.1, 0.15) is 52.5 Å². The second kappa shape index (κ2) is 7.91. The highest BCUT2D eigenvalue weighted by Crippen LogP contribution is 2.25. The van der Waals surface area contributed by atoms with E-state index in [9.17, 15) is 0 Å². The van der Waals surface area contributed by atoms with Gasteiger partial charge in [0.1, 0.15) is 5.75 Å². The summed E-state index contributed by atoms with van der Waals surface area (Å²) >= 11 is 3.54. The van der Waals surface area contributed by atoms with Gasteiger partial charge in [0.2, 0.25) is 0 Å². The highest BCUT2D eigenvalue weighted by atomic mass is 79.9. The summed E-state index contributed by atoms with van der Waals surface area (Å²) < 4.78 is 6.91. The number of benzene rings is 1. The summed E-state index contributed by atoms with van der Waals surface area (Å²) in [6.07, 6.45) is 3.29. The second-order valence-corrected chi connectivity index (χ2v) is 6.14. The molecule has 0 amide bonds. The van der Waals surface area contributed by atoms with E-state index in [0.717, 1.165) is 42.6 Å². The molecule has 0 radical (unpaired) electrons. The molecule has 3 heteroatoms. The Morgan fingerprint density at radius 2 is 1.89 bits per heavy atom. The van der Waals surface area contributed by atoms with Crippen LogP contribution in [0.3, 0.4) is 0 Å². The van der Waals surface area contributed by atoms with E-state index in [2.05, 4.69) is 55.0 Å². The lowest BCUT2D eigenvalue weighted by Gasteiger charge is -2.29. The number of hydrogen-bond donors (Lipinski definition) is 1. The number of rotatable bonds is 8. The Balaban J connectivity index is 2.77. The van der Waals surface area contributed by atoms with Crippen LogP contribution < -0.4 is 10.1 Å². The molecule has 0 bridgehead atoms. The van der Waals surface area contributed by atoms with Gasteiger partial charge in [-0.3, -0.25) is 0 Å². The third kappa shape index (κ3) is 5.15. The average Bonchev–Trinajstić information content (AvgIpc) is 2.43. The van der Waals surface area contributed by atoms with Crippen molar-refractivity contribution in [3.05, 3.63) is 28.2 Å². The summed E-state index contributed by atoms with van der Waals surface area (Å²) in [7, 11) is 0. The third-order valence-electron chi connectivity index (χ3n) is 3.75. The van der Waals surface area contributed by atoms with Crippen LogP contribution in [0.4, 0.5) is 0 Å². The predicted molar refractivity (Wildman–Crippen MR) is 85.8 cm³/mol. The Morgan fingerprint density at radius 1 is 1.21 bits per heavy atom. The molecule has 19 heavy (non-hydrogen) atoms. The maximum atomic E-state index is 5.81. The Labute approximate surface area is 126 Å². The van der Waals surface area contributed by atoms with Crippen molar-refractivity contribution in [3.63, 3.8) is 0 Å². The number of nitrogens with one attached hydrogen (secondary N) is 1. The molecular weight excluding hydrogens is 302 g/mol. The highest BCUT2D eigenvalue weighted by molar-refractivity contribution is 9.10. The molecule has 0 aliphatic rings. The summed E-state index contributed by atoms with van der Waals surface area (Å²) in [6, 6.07) is 6.23. The van der Waals surface area contributed by atoms with Crippen molar-refractivity contribution in [2.75, 3.05) is 6.61 Å². The van der Waals surface area contributed by atoms with Crippen molar-refractivity contribution in [1.29, 1.82) is 0 Å². The standard InChI is InChI=1S/C16H26BrNO/c1-5-10-19-15-9-8-14(17)11-13(15)12-18-16(4,6-2)7-3/h8-9,11,18H,5-7,10,12H2,1-4H3. The minimum atomic E-state index is 0.199. The van der Waals surface area contributed by atoms with Crippen LogP contribution >= 0.6 is 15.9 Å². The van der Waals surface area contributed by atoms with Crippen molar-refractivity contribution in [2.45, 2.75) is 59.0 Å². The zero-order valence-corrected chi connectivity index (χ0v) is 14.1. The molecule has 0 spiro atoms. The fourth-order valence-corrected chi connectivity index (χ4v) is 2.26. The first-order valence-corrected chi connectivity index (χ1v) is 8.00. The molecule has 1 rings (SSSR count). The van der Waals surface area contributed by atoms with E-state index in [0.29, 0.717) is 0 Å². The third-order valence-corrected chi connectivity index (χ3v) is 4.24. The lowest BCUT2D eigenvalue weighted by atomic mass is 9.95. The quantitative estimate of drug-likeness (QED) is 0.732. The van der Waals surface area contributed by atoms with Gasteiger partial charge < -0.3 is 10.1 Å². The SMILES string of the molecule is CCCOc1ccc(Br)cc1CNC(C)(CC)CC. The number of ether oxygens (including phenoxy) is 1. The average molecular weight is 328 g/mol. The summed E-state index contributed by atoms with van der Waals surface area (Å²) in [6.45, 7) is 10.5. The zero-order valence-electron chi connectivity index (χ0n) is 12.6. The topological polar surface area (TPSA) is 21.3 Å². The molecule has 0 aromatic heterocycles. The van der Waals surface area contributed by atoms with Gasteiger partial charge in [-0.1, -0.05) is 36.7 Å². The Hall–Kier alpha value is -0.540. The van der Waals surface area contributed by atoms with Gasteiger partial charge in [-0.25, -0.2) is 0 Å². The maximum Gasteiger partial charge on any atom is 0.123 e. The Bertz CT molecular complexity index is 388. The molecule has 2 nitrogen and oxygen atoms in total. The van der Waals surface area contributed by atoms with Crippen molar-refractivity contribution >= 4 is 15.9 Å². The molecule has 0 heterocycles. The predicted octanol–water partition coefficient (Wildman–Crippen LogP) is 4.91. The summed E-state index contributed by atoms with van der Waals surface area (Å²) in [5.74, 6) is 0.993. The Morgan fingerprint density at radius 3 is 2.47 bits per heavy atom. The number of halogens is 1. The van der Waals surface area contributed by atoms with Crippen LogP contribution in [0.25, 0.3) is 0 Å². The van der Waals surface area contributed by atoms with Gasteiger partial charge in [0.15, 0.2) is 0 Å². The fraction of sp³-hybridized carbons (Fsp3) is 0.625. The van der Waals surface area contributed by atoms with E-state index in [1.165, 1.54) is 5.56 Å². The largest absolute Gasteiger partial charge is 0.493 e. The van der Waals surface area contributed by atoms with E-state index in [-0.39, 0.29) is 5.54 Å². The van der Waals surface area contributed by atoms with Crippen molar-refractivity contribution in [3.8, 4) is 5.75 Å². The molecule has 1 N–H and O–H groups in total. The molecule has 0 aliphatic carbocycles. The fourth-order valence-electron chi connectivity index (χ4n) is 1.85. The van der Waals surface area contributed by atoms with Crippen LogP contribution in [0.5, 0.6) is 5.75 Å². The molecule has 1 aromatic rings. The minimum absolute atomic E-state index is 0.199. The minimum Gasteiger partial charge on any atom is -0.493 e. The zero-order chi connectivity index (χ0) is 14.3. The molecule has 0 atom stereocenters. The summed E-state index contributed by atoms with van der Waals surface area (Å²) in [4.78, 5) is 0. The molecule has 0 fully saturated rings. The smallest absolute Gasteiger partial charge is 0.123 e. The van der Waals surface area contributed by atoms with Crippen molar-refractivity contribution in [1.82, 2.24) is 5.32 Å². The first-order chi connectivity index (χ1) is 9.04. The van der Waals surface area contributed by atoms with Crippen molar-refractivity contribution in [2.24, 2.45) is 0 Å². The van der Waals surface area contributed by atoms with Crippen LogP contribution in [0.15, 0.2) is 22.7 Å². The second-order valence-electron chi connectivity index (χ2n) is 5.22. The molecule has 108 valence electrons. The van der Waals surface area contributed by atoms with Crippen LogP contribution in [-0.2, 0) is 6.54 Å². The van der Waals surface area contributed by atoms with E-state index >= 15 is 0 Å². The monoisotopic (exact) mass is 327 g/mol. The maximum absolute atomic E-state index is 5.81. The van der Waals surface area contributed by atoms with Gasteiger partial charge in [0, 0.05) is 22.1 Å². The summed E-state index contributed by atoms with van der Waals surface area (Å²) in [5, 5.41) is 3.65. The normalized spacial score (nSPS) is 11.6. The van der Waals surface area contributed by atoms with Gasteiger partial charge in [0.05, 0.1) is 6.61 Å². The highest BCUT2D eigenvalue weighted by Gasteiger charge is 2.19. The lowest BCUT2D eigenvalue weighted by Crippen LogP contribution is -2.40. The molecular formula is C16H26BrNO. The van der Waals surface area contributed by atoms with Gasteiger partial charge in [-0.2, -0.15) is 0 Å². The van der Waals surface area contributed by atoms with Crippen LogP contribution in [0.2, 0.25) is 0 Å². The first kappa shape index (κ1) is 16.5. The van der Waals surface area contributed by atoms with Crippen LogP contribution in [0, 0.1) is 0 Å². The van der Waals surface area contributed by atoms with E-state index < -0.39 is 0 Å². The van der Waals surface area contributed by atoms with Gasteiger partial charge >= 0.3 is 0 Å². The molecule has 0 saturated heterocycles. The first-order valence-electron chi connectivity index (χ1n) is 7.21. The number of hydrogen-bond acceptors (Lipinski definition) is 2. The lowest BCUT2D eigenvalue weighted by molar-refractivity contribution is 0.302. The van der Waals surface area contributed by atoms with Crippen molar-refractivity contribution < 1.29 is 4.74 Å². The van der Waals surface area contributed by atoms with Gasteiger partial charge in [-0.05, 0) is 44.4 Å². The Kier molecular flexibility index (Phi) is 6.87. The van der Waals surface area contributed by atoms with E-state index in [4.69, 9.17) is 4.74 Å². The molecule has 0 unspecified atom stereocenters. The van der Waals surface area contributed by atoms with Gasteiger partial charge in [0.25, 0.3) is 0 Å². The molecule has 0 saturated carbocycles. The molecule has 1 aromatic carbocycles. The molecule has 0 aliphatic heterocycles. The van der Waals surface area contributed by atoms with E-state index in [1.807, 2.05) is 12.1 Å². The van der Waals surface area contributed by atoms with E-state index in [1.54, 1.807) is 0 Å².